The van der Waals surface area contributed by atoms with E-state index in [1.807, 2.05) is 6.92 Å². The van der Waals surface area contributed by atoms with Crippen LogP contribution in [0, 0.1) is 5.92 Å². The predicted molar refractivity (Wildman–Crippen MR) is 46.4 cm³/mol. The lowest BCUT2D eigenvalue weighted by molar-refractivity contribution is 0.0585. The smallest absolute Gasteiger partial charge is 0.0587 e. The van der Waals surface area contributed by atoms with Gasteiger partial charge >= 0.3 is 0 Å². The number of unbranched alkanes of at least 4 members (excludes halogenated alkanes) is 1. The highest BCUT2D eigenvalue weighted by Gasteiger charge is 2.15. The largest absolute Gasteiger partial charge is 0.396 e. The molecule has 2 nitrogen and oxygen atoms in total. The Kier molecular flexibility index (Phi) is 6.57. The van der Waals surface area contributed by atoms with Gasteiger partial charge in [-0.2, -0.15) is 0 Å². The molecule has 0 saturated carbocycles. The first kappa shape index (κ1) is 10.9. The molecule has 68 valence electrons. The van der Waals surface area contributed by atoms with Gasteiger partial charge in [0.2, 0.25) is 0 Å². The summed E-state index contributed by atoms with van der Waals surface area (Å²) in [5.41, 5.74) is 0. The summed E-state index contributed by atoms with van der Waals surface area (Å²) in [4.78, 5) is 0. The van der Waals surface area contributed by atoms with Crippen molar-refractivity contribution in [3.63, 3.8) is 0 Å². The highest BCUT2D eigenvalue weighted by atomic mass is 16.3. The molecule has 0 radical (unpaired) electrons. The molecule has 0 spiro atoms. The summed E-state index contributed by atoms with van der Waals surface area (Å²) in [5, 5.41) is 18.3. The highest BCUT2D eigenvalue weighted by Crippen LogP contribution is 2.14. The van der Waals surface area contributed by atoms with Gasteiger partial charge in [-0.15, -0.1) is 0 Å². The number of hydrogen-bond acceptors (Lipinski definition) is 2. The average molecular weight is 160 g/mol. The van der Waals surface area contributed by atoms with E-state index in [1.54, 1.807) is 0 Å². The second kappa shape index (κ2) is 6.62. The van der Waals surface area contributed by atoms with Crippen molar-refractivity contribution in [1.82, 2.24) is 0 Å². The molecule has 0 aliphatic rings. The monoisotopic (exact) mass is 160 g/mol. The van der Waals surface area contributed by atoms with Gasteiger partial charge in [0.25, 0.3) is 0 Å². The van der Waals surface area contributed by atoms with Crippen molar-refractivity contribution in [2.75, 3.05) is 6.61 Å². The molecule has 0 amide bonds. The van der Waals surface area contributed by atoms with E-state index in [2.05, 4.69) is 6.92 Å². The number of aliphatic hydroxyl groups is 2. The average Bonchev–Trinajstić information content (AvgIpc) is 2.05. The van der Waals surface area contributed by atoms with Gasteiger partial charge in [-0.05, 0) is 12.8 Å². The van der Waals surface area contributed by atoms with Crippen LogP contribution in [-0.2, 0) is 0 Å². The minimum absolute atomic E-state index is 0.0972. The first-order valence-electron chi connectivity index (χ1n) is 4.55. The summed E-state index contributed by atoms with van der Waals surface area (Å²) in [6.45, 7) is 4.18. The van der Waals surface area contributed by atoms with Crippen LogP contribution in [0.15, 0.2) is 0 Å². The Bertz CT molecular complexity index is 83.6. The maximum absolute atomic E-state index is 9.38. The summed E-state index contributed by atoms with van der Waals surface area (Å²) in [6.07, 6.45) is 3.61. The molecule has 2 N–H and O–H groups in total. The topological polar surface area (TPSA) is 40.5 Å². The van der Waals surface area contributed by atoms with Crippen LogP contribution < -0.4 is 0 Å². The molecule has 0 aliphatic carbocycles. The summed E-state index contributed by atoms with van der Waals surface area (Å²) < 4.78 is 0. The molecule has 11 heavy (non-hydrogen) atoms. The third kappa shape index (κ3) is 4.38. The predicted octanol–water partition coefficient (Wildman–Crippen LogP) is 1.56. The number of rotatable bonds is 6. The van der Waals surface area contributed by atoms with E-state index in [-0.39, 0.29) is 18.6 Å². The van der Waals surface area contributed by atoms with E-state index in [9.17, 15) is 5.11 Å². The molecule has 0 rings (SSSR count). The minimum Gasteiger partial charge on any atom is -0.396 e. The molecule has 0 heterocycles. The van der Waals surface area contributed by atoms with Crippen LogP contribution in [0.3, 0.4) is 0 Å². The van der Waals surface area contributed by atoms with Gasteiger partial charge in [-0.25, -0.2) is 0 Å². The Morgan fingerprint density at radius 1 is 1.27 bits per heavy atom. The van der Waals surface area contributed by atoms with Gasteiger partial charge in [0.05, 0.1) is 6.10 Å². The van der Waals surface area contributed by atoms with Crippen molar-refractivity contribution >= 4 is 0 Å². The molecule has 0 saturated heterocycles. The lowest BCUT2D eigenvalue weighted by atomic mass is 9.95. The summed E-state index contributed by atoms with van der Waals surface area (Å²) in [6, 6.07) is 0. The van der Waals surface area contributed by atoms with Crippen molar-refractivity contribution in [1.29, 1.82) is 0 Å². The molecule has 2 atom stereocenters. The number of hydrogen-bond donors (Lipinski definition) is 2. The van der Waals surface area contributed by atoms with Crippen LogP contribution in [0.2, 0.25) is 0 Å². The van der Waals surface area contributed by atoms with Crippen molar-refractivity contribution in [2.24, 2.45) is 5.92 Å². The van der Waals surface area contributed by atoms with Gasteiger partial charge in [0, 0.05) is 12.5 Å². The quantitative estimate of drug-likeness (QED) is 0.619. The van der Waals surface area contributed by atoms with Gasteiger partial charge < -0.3 is 10.2 Å². The second-order valence-corrected chi connectivity index (χ2v) is 3.06. The molecule has 0 aromatic carbocycles. The van der Waals surface area contributed by atoms with Crippen LogP contribution in [0.5, 0.6) is 0 Å². The first-order valence-corrected chi connectivity index (χ1v) is 4.55. The molecule has 0 aromatic rings. The van der Waals surface area contributed by atoms with E-state index in [1.165, 1.54) is 0 Å². The minimum atomic E-state index is -0.313. The fourth-order valence-corrected chi connectivity index (χ4v) is 1.20. The maximum Gasteiger partial charge on any atom is 0.0587 e. The normalized spacial score (nSPS) is 16.4. The lowest BCUT2D eigenvalue weighted by Gasteiger charge is -2.18. The molecular weight excluding hydrogens is 140 g/mol. The summed E-state index contributed by atoms with van der Waals surface area (Å²) >= 11 is 0. The van der Waals surface area contributed by atoms with Gasteiger partial charge in [0.1, 0.15) is 0 Å². The second-order valence-electron chi connectivity index (χ2n) is 3.06. The van der Waals surface area contributed by atoms with Crippen LogP contribution in [0.25, 0.3) is 0 Å². The van der Waals surface area contributed by atoms with E-state index in [4.69, 9.17) is 5.11 Å². The zero-order chi connectivity index (χ0) is 8.69. The Balaban J connectivity index is 3.56. The van der Waals surface area contributed by atoms with E-state index < -0.39 is 0 Å². The number of aliphatic hydroxyl groups excluding tert-OH is 2. The molecular formula is C9H20O2. The standard InChI is InChI=1S/C9H20O2/c1-3-5-6-8(7-10)9(11)4-2/h8-11H,3-7H2,1-2H3. The van der Waals surface area contributed by atoms with Crippen molar-refractivity contribution in [2.45, 2.75) is 45.6 Å². The van der Waals surface area contributed by atoms with Gasteiger partial charge in [-0.1, -0.05) is 26.7 Å². The molecule has 0 aliphatic heterocycles. The lowest BCUT2D eigenvalue weighted by Crippen LogP contribution is -2.22. The molecule has 0 bridgehead atoms. The van der Waals surface area contributed by atoms with Crippen LogP contribution in [0.1, 0.15) is 39.5 Å². The first-order chi connectivity index (χ1) is 5.26. The Hall–Kier alpha value is -0.0800. The summed E-state index contributed by atoms with van der Waals surface area (Å²) in [5.74, 6) is 0.0972. The van der Waals surface area contributed by atoms with Crippen LogP contribution >= 0.6 is 0 Å². The zero-order valence-electron chi connectivity index (χ0n) is 7.58. The molecule has 2 heteroatoms. The van der Waals surface area contributed by atoms with Crippen LogP contribution in [-0.4, -0.2) is 22.9 Å². The van der Waals surface area contributed by atoms with Gasteiger partial charge in [-0.3, -0.25) is 0 Å². The summed E-state index contributed by atoms with van der Waals surface area (Å²) in [7, 11) is 0. The van der Waals surface area contributed by atoms with Crippen LogP contribution in [0.4, 0.5) is 0 Å². The van der Waals surface area contributed by atoms with Crippen molar-refractivity contribution in [3.05, 3.63) is 0 Å². The van der Waals surface area contributed by atoms with Crippen molar-refractivity contribution < 1.29 is 10.2 Å². The third-order valence-corrected chi connectivity index (χ3v) is 2.13. The van der Waals surface area contributed by atoms with Crippen molar-refractivity contribution in [3.8, 4) is 0 Å². The Morgan fingerprint density at radius 2 is 1.91 bits per heavy atom. The molecule has 0 aromatic heterocycles. The maximum atomic E-state index is 9.38. The fourth-order valence-electron chi connectivity index (χ4n) is 1.20. The highest BCUT2D eigenvalue weighted by molar-refractivity contribution is 4.66. The zero-order valence-corrected chi connectivity index (χ0v) is 7.58. The van der Waals surface area contributed by atoms with Gasteiger partial charge in [0.15, 0.2) is 0 Å². The van der Waals surface area contributed by atoms with E-state index in [0.717, 1.165) is 25.7 Å². The van der Waals surface area contributed by atoms with E-state index >= 15 is 0 Å². The Labute approximate surface area is 69.2 Å². The van der Waals surface area contributed by atoms with E-state index in [0.29, 0.717) is 0 Å². The Morgan fingerprint density at radius 3 is 2.27 bits per heavy atom. The molecule has 0 fully saturated rings. The fraction of sp³-hybridized carbons (Fsp3) is 1.00. The molecule has 2 unspecified atom stereocenters. The SMILES string of the molecule is CCCCC(CO)C(O)CC. The third-order valence-electron chi connectivity index (χ3n) is 2.13.